The van der Waals surface area contributed by atoms with Crippen molar-refractivity contribution in [1.29, 1.82) is 0 Å². The highest BCUT2D eigenvalue weighted by Gasteiger charge is 1.97. The average Bonchev–Trinajstić information content (AvgIpc) is 2.62. The lowest BCUT2D eigenvalue weighted by atomic mass is 10.6. The van der Waals surface area contributed by atoms with E-state index >= 15 is 0 Å². The van der Waals surface area contributed by atoms with Gasteiger partial charge in [0.25, 0.3) is 5.56 Å². The standard InChI is InChI=1S/C8H7N3OS2/c12-6-1-3-11(8(13)10-6)5-7-9-2-4-14-7/h1-4H,5H2,(H,10,12,13). The largest absolute Gasteiger partial charge is 0.318 e. The Morgan fingerprint density at radius 3 is 3.14 bits per heavy atom. The number of thiazole rings is 1. The first-order valence-corrected chi connectivity index (χ1v) is 5.22. The number of nitrogens with one attached hydrogen (secondary N) is 1. The van der Waals surface area contributed by atoms with Crippen molar-refractivity contribution in [1.82, 2.24) is 14.5 Å². The van der Waals surface area contributed by atoms with Gasteiger partial charge >= 0.3 is 0 Å². The molecule has 14 heavy (non-hydrogen) atoms. The summed E-state index contributed by atoms with van der Waals surface area (Å²) < 4.78 is 2.20. The summed E-state index contributed by atoms with van der Waals surface area (Å²) in [5.74, 6) is 0. The zero-order chi connectivity index (χ0) is 9.97. The molecule has 0 aliphatic rings. The Bertz CT molecular complexity index is 526. The molecule has 0 amide bonds. The van der Waals surface area contributed by atoms with Crippen molar-refractivity contribution in [3.05, 3.63) is 44.0 Å². The molecule has 2 rings (SSSR count). The van der Waals surface area contributed by atoms with Gasteiger partial charge in [-0.3, -0.25) is 9.78 Å². The van der Waals surface area contributed by atoms with Crippen LogP contribution in [0.5, 0.6) is 0 Å². The molecular formula is C8H7N3OS2. The van der Waals surface area contributed by atoms with Gasteiger partial charge in [0.2, 0.25) is 0 Å². The van der Waals surface area contributed by atoms with Gasteiger partial charge in [0.1, 0.15) is 5.01 Å². The van der Waals surface area contributed by atoms with Crippen LogP contribution in [0.1, 0.15) is 5.01 Å². The summed E-state index contributed by atoms with van der Waals surface area (Å²) in [5, 5.41) is 2.87. The zero-order valence-corrected chi connectivity index (χ0v) is 8.77. The summed E-state index contributed by atoms with van der Waals surface area (Å²) in [4.78, 5) is 17.6. The van der Waals surface area contributed by atoms with E-state index in [2.05, 4.69) is 9.97 Å². The molecular weight excluding hydrogens is 218 g/mol. The molecule has 72 valence electrons. The van der Waals surface area contributed by atoms with Gasteiger partial charge in [-0.05, 0) is 12.2 Å². The Kier molecular flexibility index (Phi) is 2.55. The molecule has 0 atom stereocenters. The van der Waals surface area contributed by atoms with Crippen LogP contribution in [0.15, 0.2) is 28.6 Å². The van der Waals surface area contributed by atoms with E-state index in [1.54, 1.807) is 28.3 Å². The first-order chi connectivity index (χ1) is 6.75. The van der Waals surface area contributed by atoms with Crippen LogP contribution >= 0.6 is 23.6 Å². The van der Waals surface area contributed by atoms with Gasteiger partial charge in [-0.2, -0.15) is 0 Å². The van der Waals surface area contributed by atoms with Crippen molar-refractivity contribution in [3.63, 3.8) is 0 Å². The van der Waals surface area contributed by atoms with E-state index in [0.717, 1.165) is 5.01 Å². The summed E-state index contributed by atoms with van der Waals surface area (Å²) in [6, 6.07) is 1.45. The predicted octanol–water partition coefficient (Wildman–Crippen LogP) is 1.41. The Labute approximate surface area is 88.9 Å². The van der Waals surface area contributed by atoms with Crippen molar-refractivity contribution in [2.75, 3.05) is 0 Å². The van der Waals surface area contributed by atoms with E-state index in [1.165, 1.54) is 6.07 Å². The van der Waals surface area contributed by atoms with E-state index in [0.29, 0.717) is 11.3 Å². The van der Waals surface area contributed by atoms with Gasteiger partial charge in [0.15, 0.2) is 4.77 Å². The fraction of sp³-hybridized carbons (Fsp3) is 0.125. The third-order valence-electron chi connectivity index (χ3n) is 1.69. The minimum absolute atomic E-state index is 0.176. The van der Waals surface area contributed by atoms with Crippen molar-refractivity contribution >= 4 is 23.6 Å². The summed E-state index contributed by atoms with van der Waals surface area (Å²) >= 11 is 6.56. The van der Waals surface area contributed by atoms with E-state index in [9.17, 15) is 4.79 Å². The Morgan fingerprint density at radius 1 is 1.64 bits per heavy atom. The van der Waals surface area contributed by atoms with Crippen LogP contribution in [-0.4, -0.2) is 14.5 Å². The van der Waals surface area contributed by atoms with Gasteiger partial charge in [-0.25, -0.2) is 4.98 Å². The molecule has 2 aromatic rings. The predicted molar refractivity (Wildman–Crippen MR) is 57.1 cm³/mol. The number of nitrogens with zero attached hydrogens (tertiary/aromatic N) is 2. The summed E-state index contributed by atoms with van der Waals surface area (Å²) in [7, 11) is 0. The maximum atomic E-state index is 10.9. The van der Waals surface area contributed by atoms with Crippen LogP contribution < -0.4 is 5.56 Å². The summed E-state index contributed by atoms with van der Waals surface area (Å²) in [6.07, 6.45) is 3.41. The van der Waals surface area contributed by atoms with Crippen molar-refractivity contribution in [3.8, 4) is 0 Å². The molecule has 0 aromatic carbocycles. The van der Waals surface area contributed by atoms with Gasteiger partial charge in [0, 0.05) is 23.8 Å². The maximum Gasteiger partial charge on any atom is 0.251 e. The first-order valence-electron chi connectivity index (χ1n) is 3.94. The second-order valence-corrected chi connectivity index (χ2v) is 4.03. The van der Waals surface area contributed by atoms with Gasteiger partial charge < -0.3 is 4.57 Å². The van der Waals surface area contributed by atoms with Crippen molar-refractivity contribution in [2.45, 2.75) is 6.54 Å². The fourth-order valence-corrected chi connectivity index (χ4v) is 1.89. The quantitative estimate of drug-likeness (QED) is 0.786. The molecule has 1 N–H and O–H groups in total. The van der Waals surface area contributed by atoms with Crippen LogP contribution in [0.2, 0.25) is 0 Å². The lowest BCUT2D eigenvalue weighted by Crippen LogP contribution is -2.11. The van der Waals surface area contributed by atoms with Crippen LogP contribution in [0.4, 0.5) is 0 Å². The van der Waals surface area contributed by atoms with E-state index in [-0.39, 0.29) is 5.56 Å². The molecule has 6 heteroatoms. The zero-order valence-electron chi connectivity index (χ0n) is 7.14. The third-order valence-corrected chi connectivity index (χ3v) is 2.79. The lowest BCUT2D eigenvalue weighted by Gasteiger charge is -2.01. The van der Waals surface area contributed by atoms with Crippen LogP contribution in [-0.2, 0) is 6.54 Å². The number of hydrogen-bond acceptors (Lipinski definition) is 4. The Hall–Kier alpha value is -1.27. The van der Waals surface area contributed by atoms with E-state index in [1.807, 2.05) is 5.38 Å². The minimum atomic E-state index is -0.176. The normalized spacial score (nSPS) is 10.3. The summed E-state index contributed by atoms with van der Waals surface area (Å²) in [6.45, 7) is 0.604. The molecule has 0 aliphatic carbocycles. The highest BCUT2D eigenvalue weighted by molar-refractivity contribution is 7.71. The van der Waals surface area contributed by atoms with E-state index in [4.69, 9.17) is 12.2 Å². The molecule has 0 bridgehead atoms. The smallest absolute Gasteiger partial charge is 0.251 e. The minimum Gasteiger partial charge on any atom is -0.318 e. The fourth-order valence-electron chi connectivity index (χ4n) is 1.05. The molecule has 0 saturated heterocycles. The molecule has 0 spiro atoms. The van der Waals surface area contributed by atoms with Crippen LogP contribution in [0, 0.1) is 4.77 Å². The lowest BCUT2D eigenvalue weighted by molar-refractivity contribution is 0.740. The van der Waals surface area contributed by atoms with Gasteiger partial charge in [0.05, 0.1) is 6.54 Å². The number of aromatic amines is 1. The molecule has 0 unspecified atom stereocenters. The van der Waals surface area contributed by atoms with Gasteiger partial charge in [-0.15, -0.1) is 11.3 Å². The van der Waals surface area contributed by atoms with Crippen molar-refractivity contribution < 1.29 is 0 Å². The highest BCUT2D eigenvalue weighted by atomic mass is 32.1. The SMILES string of the molecule is O=c1ccn(Cc2nccs2)c(=S)[nH]1. The van der Waals surface area contributed by atoms with Crippen LogP contribution in [0.3, 0.4) is 0 Å². The number of rotatable bonds is 2. The average molecular weight is 225 g/mol. The van der Waals surface area contributed by atoms with Crippen LogP contribution in [0.25, 0.3) is 0 Å². The maximum absolute atomic E-state index is 10.9. The Balaban J connectivity index is 2.35. The Morgan fingerprint density at radius 2 is 2.50 bits per heavy atom. The molecule has 0 radical (unpaired) electrons. The molecule has 4 nitrogen and oxygen atoms in total. The number of H-pyrrole nitrogens is 1. The second-order valence-electron chi connectivity index (χ2n) is 2.66. The third kappa shape index (κ3) is 1.97. The molecule has 2 aromatic heterocycles. The second kappa shape index (κ2) is 3.85. The monoisotopic (exact) mass is 225 g/mol. The van der Waals surface area contributed by atoms with Gasteiger partial charge in [-0.1, -0.05) is 0 Å². The van der Waals surface area contributed by atoms with Crippen molar-refractivity contribution in [2.24, 2.45) is 0 Å². The molecule has 0 saturated carbocycles. The highest BCUT2D eigenvalue weighted by Crippen LogP contribution is 2.05. The molecule has 0 aliphatic heterocycles. The number of hydrogen-bond donors (Lipinski definition) is 1. The number of aromatic nitrogens is 3. The molecule has 0 fully saturated rings. The topological polar surface area (TPSA) is 50.7 Å². The first kappa shape index (κ1) is 9.29. The molecule has 2 heterocycles. The van der Waals surface area contributed by atoms with E-state index < -0.39 is 0 Å². The summed E-state index contributed by atoms with van der Waals surface area (Å²) in [5.41, 5.74) is -0.176.